The maximum absolute atomic E-state index is 13.1. The summed E-state index contributed by atoms with van der Waals surface area (Å²) in [5.74, 6) is -1.52. The summed E-state index contributed by atoms with van der Waals surface area (Å²) in [5, 5.41) is 9.67. The molecule has 0 bridgehead atoms. The van der Waals surface area contributed by atoms with Crippen LogP contribution in [0.3, 0.4) is 0 Å². The molecule has 0 saturated carbocycles. The normalized spacial score (nSPS) is 16.8. The topological polar surface area (TPSA) is 196 Å². The number of carbonyl (C=O) groups is 5. The highest BCUT2D eigenvalue weighted by atomic mass is 32.2. The van der Waals surface area contributed by atoms with Gasteiger partial charge in [0.15, 0.2) is 0 Å². The van der Waals surface area contributed by atoms with Gasteiger partial charge in [-0.05, 0) is 102 Å². The Bertz CT molecular complexity index is 3910. The molecule has 5 aliphatic rings. The number of nitrogens with zero attached hydrogens (tertiary/aromatic N) is 3. The number of methoxy groups -OCH3 is 3. The predicted molar refractivity (Wildman–Crippen MR) is 336 cm³/mol. The van der Waals surface area contributed by atoms with Crippen molar-refractivity contribution < 1.29 is 61.2 Å². The van der Waals surface area contributed by atoms with E-state index < -0.39 is 58.2 Å². The summed E-state index contributed by atoms with van der Waals surface area (Å²) in [6.07, 6.45) is 1.17. The molecule has 17 heteroatoms. The predicted octanol–water partition coefficient (Wildman–Crippen LogP) is 12.4. The van der Waals surface area contributed by atoms with Crippen molar-refractivity contribution in [2.75, 3.05) is 34.5 Å². The number of carboxylic acids is 1. The van der Waals surface area contributed by atoms with Gasteiger partial charge < -0.3 is 28.8 Å². The minimum absolute atomic E-state index is 0.0231. The van der Waals surface area contributed by atoms with Crippen molar-refractivity contribution in [2.45, 2.75) is 94.0 Å². The number of hydrogen-bond acceptors (Lipinski definition) is 12. The van der Waals surface area contributed by atoms with Gasteiger partial charge >= 0.3 is 30.1 Å². The van der Waals surface area contributed by atoms with Gasteiger partial charge in [0.2, 0.25) is 10.0 Å². The number of hydrogen-bond donors (Lipinski definition) is 1. The van der Waals surface area contributed by atoms with Crippen LogP contribution in [-0.2, 0) is 82.3 Å². The van der Waals surface area contributed by atoms with Crippen LogP contribution in [0.1, 0.15) is 87.7 Å². The summed E-state index contributed by atoms with van der Waals surface area (Å²) in [4.78, 5) is 65.4. The molecule has 2 aliphatic carbocycles. The van der Waals surface area contributed by atoms with Crippen LogP contribution in [0.25, 0.3) is 22.3 Å². The van der Waals surface area contributed by atoms with Gasteiger partial charge in [-0.1, -0.05) is 190 Å². The zero-order chi connectivity index (χ0) is 62.8. The van der Waals surface area contributed by atoms with Crippen molar-refractivity contribution in [1.82, 2.24) is 14.1 Å². The number of ether oxygens (including phenoxy) is 5. The zero-order valence-corrected chi connectivity index (χ0v) is 51.1. The van der Waals surface area contributed by atoms with E-state index in [1.165, 1.54) is 65.1 Å². The monoisotopic (exact) mass is 1220 g/mol. The van der Waals surface area contributed by atoms with Gasteiger partial charge in [-0.3, -0.25) is 14.6 Å². The van der Waals surface area contributed by atoms with E-state index >= 15 is 0 Å². The standard InChI is InChI=1S/C26H23NO4.C25H21NO4.C18H19NO5S.C3H8/c1-30-25(28)24-14-17-8-2-3-9-18(17)15-27(24)26(29)31-16-23-21-12-6-4-10-19(21)20-11-5-7-13-22(20)23;27-24(28)23-13-16-7-1-2-8-17(16)14-26(23)25(29)30-15-22-20-11-5-3-9-18(20)19-10-4-6-12-21(19)22;1-23-15-7-9-16(10-8-15)25(21,22)19-12-14-6-4-3-5-13(14)11-17(19)18(20)24-2;1-3-2/h2-13,23-24H,14-16H2,1H3;1-12,22-23H,13-15H2,(H,27,28);3-10,17H,11-12H2,1-2H3;3H2,1-2H3. The SMILES string of the molecule is CCC.COC(=O)C1Cc2ccccc2CN1C(=O)OCC1c2ccccc2-c2ccccc21.COC(=O)C1Cc2ccccc2CN1S(=O)(=O)c1ccc(OC)cc1.O=C(O)C1Cc2ccccc2CN1C(=O)OCC1c2ccccc2-c2ccccc21. The van der Waals surface area contributed by atoms with Gasteiger partial charge in [0.25, 0.3) is 0 Å². The molecule has 458 valence electrons. The Kier molecular flexibility index (Phi) is 19.7. The highest BCUT2D eigenvalue weighted by Gasteiger charge is 2.42. The van der Waals surface area contributed by atoms with E-state index in [0.717, 1.165) is 66.8 Å². The average molecular weight is 1220 g/mol. The number of carboxylic acid groups (broad SMARTS) is 1. The second kappa shape index (κ2) is 28.1. The number of fused-ring (bicyclic) bond motifs is 9. The van der Waals surface area contributed by atoms with Crippen molar-refractivity contribution in [3.05, 3.63) is 250 Å². The molecule has 0 radical (unpaired) electrons. The Hall–Kier alpha value is -9.58. The number of carbonyl (C=O) groups excluding carboxylic acids is 4. The number of amides is 2. The second-order valence-electron chi connectivity index (χ2n) is 22.1. The van der Waals surface area contributed by atoms with Gasteiger partial charge in [-0.2, -0.15) is 4.31 Å². The van der Waals surface area contributed by atoms with Gasteiger partial charge in [0.1, 0.15) is 37.1 Å². The summed E-state index contributed by atoms with van der Waals surface area (Å²) in [6, 6.07) is 59.3. The van der Waals surface area contributed by atoms with Crippen molar-refractivity contribution in [3.8, 4) is 28.0 Å². The fourth-order valence-corrected chi connectivity index (χ4v) is 13.9. The molecule has 3 heterocycles. The molecule has 3 atom stereocenters. The molecule has 3 unspecified atom stereocenters. The van der Waals surface area contributed by atoms with Crippen LogP contribution in [-0.4, -0.2) is 110 Å². The van der Waals surface area contributed by atoms with E-state index in [0.29, 0.717) is 18.7 Å². The molecule has 13 rings (SSSR count). The number of sulfonamides is 1. The molecule has 2 amide bonds. The minimum atomic E-state index is -3.86. The molecular weight excluding hydrogens is 1150 g/mol. The lowest BCUT2D eigenvalue weighted by atomic mass is 9.94. The maximum Gasteiger partial charge on any atom is 0.410 e. The van der Waals surface area contributed by atoms with E-state index in [-0.39, 0.29) is 55.9 Å². The van der Waals surface area contributed by atoms with Crippen LogP contribution in [0.15, 0.2) is 199 Å². The highest BCUT2D eigenvalue weighted by molar-refractivity contribution is 7.89. The number of esters is 2. The summed E-state index contributed by atoms with van der Waals surface area (Å²) in [7, 11) is 0.266. The number of aliphatic carboxylic acids is 1. The van der Waals surface area contributed by atoms with Crippen molar-refractivity contribution >= 4 is 40.1 Å². The van der Waals surface area contributed by atoms with Gasteiger partial charge in [-0.25, -0.2) is 27.6 Å². The Morgan fingerprint density at radius 1 is 0.438 bits per heavy atom. The van der Waals surface area contributed by atoms with Crippen LogP contribution in [0.2, 0.25) is 0 Å². The van der Waals surface area contributed by atoms with Crippen LogP contribution in [0, 0.1) is 0 Å². The van der Waals surface area contributed by atoms with Crippen LogP contribution in [0.5, 0.6) is 5.75 Å². The summed E-state index contributed by atoms with van der Waals surface area (Å²) < 4.78 is 53.8. The van der Waals surface area contributed by atoms with Crippen molar-refractivity contribution in [2.24, 2.45) is 0 Å². The molecule has 89 heavy (non-hydrogen) atoms. The molecule has 0 aromatic heterocycles. The Balaban J connectivity index is 0.000000145. The van der Waals surface area contributed by atoms with Crippen molar-refractivity contribution in [3.63, 3.8) is 0 Å². The number of benzene rings is 8. The molecule has 1 N–H and O–H groups in total. The van der Waals surface area contributed by atoms with E-state index in [4.69, 9.17) is 23.7 Å². The average Bonchev–Trinajstić information content (AvgIpc) is 1.90. The lowest BCUT2D eigenvalue weighted by Gasteiger charge is -2.34. The third-order valence-electron chi connectivity index (χ3n) is 16.7. The van der Waals surface area contributed by atoms with Gasteiger partial charge in [0, 0.05) is 37.6 Å². The second-order valence-corrected chi connectivity index (χ2v) is 24.0. The smallest absolute Gasteiger partial charge is 0.410 e. The van der Waals surface area contributed by atoms with Gasteiger partial charge in [-0.15, -0.1) is 0 Å². The first-order valence-electron chi connectivity index (χ1n) is 29.7. The third-order valence-corrected chi connectivity index (χ3v) is 18.6. The first-order chi connectivity index (χ1) is 43.2. The van der Waals surface area contributed by atoms with E-state index in [1.54, 1.807) is 12.1 Å². The first-order valence-corrected chi connectivity index (χ1v) is 31.1. The molecule has 0 saturated heterocycles. The van der Waals surface area contributed by atoms with E-state index in [2.05, 4.69) is 62.4 Å². The van der Waals surface area contributed by atoms with Crippen LogP contribution in [0.4, 0.5) is 9.59 Å². The Labute approximate surface area is 519 Å². The molecule has 8 aromatic rings. The Morgan fingerprint density at radius 2 is 0.764 bits per heavy atom. The first kappa shape index (κ1) is 62.5. The van der Waals surface area contributed by atoms with E-state index in [9.17, 15) is 37.5 Å². The Morgan fingerprint density at radius 3 is 1.15 bits per heavy atom. The molecule has 8 aromatic carbocycles. The molecular formula is C72H71N3O13S. The summed E-state index contributed by atoms with van der Waals surface area (Å²) in [6.45, 7) is 5.34. The highest BCUT2D eigenvalue weighted by Crippen LogP contribution is 2.46. The molecule has 0 fully saturated rings. The zero-order valence-electron chi connectivity index (χ0n) is 50.3. The summed E-state index contributed by atoms with van der Waals surface area (Å²) in [5.41, 5.74) is 15.1. The van der Waals surface area contributed by atoms with Gasteiger partial charge in [0.05, 0.1) is 39.3 Å². The fraction of sp³-hybridized carbons (Fsp3) is 0.264. The quantitative estimate of drug-likeness (QED) is 0.100. The largest absolute Gasteiger partial charge is 0.497 e. The van der Waals surface area contributed by atoms with E-state index in [1.807, 2.05) is 121 Å². The number of rotatable bonds is 10. The fourth-order valence-electron chi connectivity index (χ4n) is 12.3. The third kappa shape index (κ3) is 13.3. The summed E-state index contributed by atoms with van der Waals surface area (Å²) >= 11 is 0. The van der Waals surface area contributed by atoms with Crippen molar-refractivity contribution in [1.29, 1.82) is 0 Å². The molecule has 3 aliphatic heterocycles. The molecule has 0 spiro atoms. The lowest BCUT2D eigenvalue weighted by Crippen LogP contribution is -2.49. The molecule has 16 nitrogen and oxygen atoms in total. The van der Waals surface area contributed by atoms with Crippen LogP contribution >= 0.6 is 0 Å². The minimum Gasteiger partial charge on any atom is -0.497 e. The lowest BCUT2D eigenvalue weighted by molar-refractivity contribution is -0.147. The van der Waals surface area contributed by atoms with Crippen LogP contribution < -0.4 is 4.74 Å². The maximum atomic E-state index is 13.1.